The van der Waals surface area contributed by atoms with Crippen molar-refractivity contribution in [1.29, 1.82) is 0 Å². The average molecular weight is 394 g/mol. The number of thiophene rings is 1. The SMILES string of the molecule is CCCCOC(=O)CSc1nnc(Cc2cccs2)n1C1CCCCC1. The molecule has 142 valence electrons. The number of hydrogen-bond acceptors (Lipinski definition) is 6. The summed E-state index contributed by atoms with van der Waals surface area (Å²) in [4.78, 5) is 13.2. The van der Waals surface area contributed by atoms with Gasteiger partial charge in [0.15, 0.2) is 5.16 Å². The number of hydrogen-bond donors (Lipinski definition) is 0. The van der Waals surface area contributed by atoms with Crippen LogP contribution in [0, 0.1) is 0 Å². The van der Waals surface area contributed by atoms with E-state index in [0.717, 1.165) is 30.2 Å². The summed E-state index contributed by atoms with van der Waals surface area (Å²) in [6.07, 6.45) is 8.92. The molecule has 2 heterocycles. The molecule has 1 aliphatic rings. The summed E-state index contributed by atoms with van der Waals surface area (Å²) in [5.41, 5.74) is 0. The van der Waals surface area contributed by atoms with Gasteiger partial charge >= 0.3 is 5.97 Å². The lowest BCUT2D eigenvalue weighted by atomic mass is 9.95. The molecule has 0 bridgehead atoms. The van der Waals surface area contributed by atoms with Crippen molar-refractivity contribution < 1.29 is 9.53 Å². The molecule has 0 spiro atoms. The number of nitrogens with zero attached hydrogens (tertiary/aromatic N) is 3. The average Bonchev–Trinajstić information content (AvgIpc) is 3.31. The molecular weight excluding hydrogens is 366 g/mol. The first-order chi connectivity index (χ1) is 12.8. The predicted molar refractivity (Wildman–Crippen MR) is 106 cm³/mol. The fourth-order valence-corrected chi connectivity index (χ4v) is 4.82. The summed E-state index contributed by atoms with van der Waals surface area (Å²) in [7, 11) is 0. The quantitative estimate of drug-likeness (QED) is 0.345. The van der Waals surface area contributed by atoms with Crippen molar-refractivity contribution in [2.24, 2.45) is 0 Å². The minimum atomic E-state index is -0.165. The van der Waals surface area contributed by atoms with E-state index in [1.54, 1.807) is 11.3 Å². The van der Waals surface area contributed by atoms with Gasteiger partial charge in [-0.15, -0.1) is 21.5 Å². The van der Waals surface area contributed by atoms with Gasteiger partial charge in [0.25, 0.3) is 0 Å². The Balaban J connectivity index is 1.69. The first kappa shape index (κ1) is 19.4. The maximum Gasteiger partial charge on any atom is 0.316 e. The van der Waals surface area contributed by atoms with Crippen LogP contribution in [0.1, 0.15) is 68.6 Å². The van der Waals surface area contributed by atoms with Crippen LogP contribution in [0.15, 0.2) is 22.7 Å². The number of aromatic nitrogens is 3. The molecule has 2 aromatic heterocycles. The zero-order valence-electron chi connectivity index (χ0n) is 15.4. The number of ether oxygens (including phenoxy) is 1. The highest BCUT2D eigenvalue weighted by molar-refractivity contribution is 7.99. The third-order valence-electron chi connectivity index (χ3n) is 4.67. The normalized spacial score (nSPS) is 15.3. The maximum atomic E-state index is 11.9. The molecule has 0 unspecified atom stereocenters. The van der Waals surface area contributed by atoms with Crippen molar-refractivity contribution in [2.75, 3.05) is 12.4 Å². The van der Waals surface area contributed by atoms with Gasteiger partial charge in [-0.1, -0.05) is 50.4 Å². The topological polar surface area (TPSA) is 57.0 Å². The van der Waals surface area contributed by atoms with E-state index in [4.69, 9.17) is 4.74 Å². The van der Waals surface area contributed by atoms with Crippen molar-refractivity contribution in [1.82, 2.24) is 14.8 Å². The maximum absolute atomic E-state index is 11.9. The number of carbonyl (C=O) groups is 1. The molecule has 26 heavy (non-hydrogen) atoms. The molecule has 5 nitrogen and oxygen atoms in total. The molecule has 0 atom stereocenters. The van der Waals surface area contributed by atoms with E-state index >= 15 is 0 Å². The van der Waals surface area contributed by atoms with Gasteiger partial charge in [-0.3, -0.25) is 4.79 Å². The number of carbonyl (C=O) groups excluding carboxylic acids is 1. The molecule has 1 fully saturated rings. The van der Waals surface area contributed by atoms with Crippen LogP contribution >= 0.6 is 23.1 Å². The second kappa shape index (κ2) is 10.1. The number of esters is 1. The fourth-order valence-electron chi connectivity index (χ4n) is 3.30. The second-order valence-electron chi connectivity index (χ2n) is 6.68. The highest BCUT2D eigenvalue weighted by Crippen LogP contribution is 2.33. The number of thioether (sulfide) groups is 1. The van der Waals surface area contributed by atoms with Gasteiger partial charge in [-0.05, 0) is 30.7 Å². The van der Waals surface area contributed by atoms with Crippen molar-refractivity contribution in [3.63, 3.8) is 0 Å². The molecule has 1 aliphatic carbocycles. The van der Waals surface area contributed by atoms with Gasteiger partial charge in [0.2, 0.25) is 0 Å². The Bertz CT molecular complexity index is 679. The fraction of sp³-hybridized carbons (Fsp3) is 0.632. The highest BCUT2D eigenvalue weighted by Gasteiger charge is 2.23. The van der Waals surface area contributed by atoms with E-state index in [9.17, 15) is 4.79 Å². The summed E-state index contributed by atoms with van der Waals surface area (Å²) in [5.74, 6) is 1.15. The Labute approximate surface area is 163 Å². The van der Waals surface area contributed by atoms with Crippen LogP contribution < -0.4 is 0 Å². The lowest BCUT2D eigenvalue weighted by Gasteiger charge is -2.25. The van der Waals surface area contributed by atoms with Gasteiger partial charge < -0.3 is 9.30 Å². The van der Waals surface area contributed by atoms with Crippen LogP contribution in [0.4, 0.5) is 0 Å². The minimum absolute atomic E-state index is 0.165. The van der Waals surface area contributed by atoms with E-state index in [0.29, 0.717) is 18.4 Å². The smallest absolute Gasteiger partial charge is 0.316 e. The zero-order chi connectivity index (χ0) is 18.2. The van der Waals surface area contributed by atoms with Crippen molar-refractivity contribution >= 4 is 29.1 Å². The summed E-state index contributed by atoms with van der Waals surface area (Å²) < 4.78 is 7.56. The van der Waals surface area contributed by atoms with Crippen molar-refractivity contribution in [3.8, 4) is 0 Å². The zero-order valence-corrected chi connectivity index (χ0v) is 17.0. The van der Waals surface area contributed by atoms with E-state index < -0.39 is 0 Å². The van der Waals surface area contributed by atoms with Crippen LogP contribution in [0.3, 0.4) is 0 Å². The molecule has 0 saturated heterocycles. The first-order valence-corrected chi connectivity index (χ1v) is 11.4. The van der Waals surface area contributed by atoms with E-state index in [-0.39, 0.29) is 5.97 Å². The third kappa shape index (κ3) is 5.33. The van der Waals surface area contributed by atoms with Gasteiger partial charge in [0.1, 0.15) is 5.82 Å². The van der Waals surface area contributed by atoms with Gasteiger partial charge in [-0.25, -0.2) is 0 Å². The van der Waals surface area contributed by atoms with Gasteiger partial charge in [0, 0.05) is 17.3 Å². The molecule has 1 saturated carbocycles. The molecule has 0 radical (unpaired) electrons. The molecule has 2 aromatic rings. The molecule has 0 aromatic carbocycles. The molecule has 3 rings (SSSR count). The lowest BCUT2D eigenvalue weighted by molar-refractivity contribution is -0.140. The third-order valence-corrected chi connectivity index (χ3v) is 6.46. The van der Waals surface area contributed by atoms with Crippen LogP contribution in [-0.4, -0.2) is 33.1 Å². The lowest BCUT2D eigenvalue weighted by Crippen LogP contribution is -2.17. The predicted octanol–water partition coefficient (Wildman–Crippen LogP) is 4.87. The first-order valence-electron chi connectivity index (χ1n) is 9.52. The summed E-state index contributed by atoms with van der Waals surface area (Å²) >= 11 is 3.21. The standard InChI is InChI=1S/C19H27N3O2S2/c1-2-3-11-24-18(23)14-26-19-21-20-17(13-16-10-7-12-25-16)22(19)15-8-5-4-6-9-15/h7,10,12,15H,2-6,8-9,11,13-14H2,1H3. The largest absolute Gasteiger partial charge is 0.465 e. The Hall–Kier alpha value is -1.34. The van der Waals surface area contributed by atoms with Crippen molar-refractivity contribution in [2.45, 2.75) is 69.5 Å². The van der Waals surface area contributed by atoms with Crippen LogP contribution in [0.2, 0.25) is 0 Å². The molecular formula is C19H27N3O2S2. The minimum Gasteiger partial charge on any atom is -0.465 e. The highest BCUT2D eigenvalue weighted by atomic mass is 32.2. The summed E-state index contributed by atoms with van der Waals surface area (Å²) in [6, 6.07) is 4.67. The summed E-state index contributed by atoms with van der Waals surface area (Å²) in [5, 5.41) is 11.8. The summed E-state index contributed by atoms with van der Waals surface area (Å²) in [6.45, 7) is 2.60. The molecule has 0 N–H and O–H groups in total. The van der Waals surface area contributed by atoms with Crippen LogP contribution in [-0.2, 0) is 16.0 Å². The monoisotopic (exact) mass is 393 g/mol. The van der Waals surface area contributed by atoms with Crippen LogP contribution in [0.5, 0.6) is 0 Å². The Morgan fingerprint density at radius 3 is 2.92 bits per heavy atom. The van der Waals surface area contributed by atoms with Gasteiger partial charge in [0.05, 0.1) is 12.4 Å². The Kier molecular flexibility index (Phi) is 7.55. The second-order valence-corrected chi connectivity index (χ2v) is 8.65. The molecule has 0 amide bonds. The van der Waals surface area contributed by atoms with E-state index in [1.807, 2.05) is 0 Å². The Morgan fingerprint density at radius 2 is 2.19 bits per heavy atom. The number of rotatable bonds is 9. The molecule has 7 heteroatoms. The van der Waals surface area contributed by atoms with E-state index in [1.165, 1.54) is 48.7 Å². The Morgan fingerprint density at radius 1 is 1.35 bits per heavy atom. The van der Waals surface area contributed by atoms with E-state index in [2.05, 4.69) is 39.2 Å². The molecule has 0 aliphatic heterocycles. The number of unbranched alkanes of at least 4 members (excludes halogenated alkanes) is 1. The van der Waals surface area contributed by atoms with Crippen molar-refractivity contribution in [3.05, 3.63) is 28.2 Å². The van der Waals surface area contributed by atoms with Gasteiger partial charge in [-0.2, -0.15) is 0 Å². The van der Waals surface area contributed by atoms with Crippen LogP contribution in [0.25, 0.3) is 0 Å².